The predicted octanol–water partition coefficient (Wildman–Crippen LogP) is -0.546. The van der Waals surface area contributed by atoms with Crippen LogP contribution in [0.5, 0.6) is 0 Å². The van der Waals surface area contributed by atoms with Crippen LogP contribution in [0.4, 0.5) is 5.82 Å². The Labute approximate surface area is 106 Å². The number of nitrogen functional groups attached to an aromatic ring is 1. The molecular formula is C10H16N4O3S. The number of carbonyl (C=O) groups is 1. The van der Waals surface area contributed by atoms with Crippen LogP contribution in [0.2, 0.25) is 0 Å². The third-order valence-electron chi connectivity index (χ3n) is 2.44. The minimum absolute atomic E-state index is 0.0167. The number of pyridine rings is 1. The van der Waals surface area contributed by atoms with Crippen molar-refractivity contribution < 1.29 is 13.2 Å². The Kier molecular flexibility index (Phi) is 3.92. The molecule has 0 bridgehead atoms. The Balaban J connectivity index is 2.84. The molecule has 0 aliphatic rings. The molecule has 0 aromatic carbocycles. The lowest BCUT2D eigenvalue weighted by molar-refractivity contribution is -0.125. The number of rotatable bonds is 5. The standard InChI is InChI=1S/C10H16N4O3S/c1-10(2,9(12)15)6-14-18(16,17)7-3-4-8(11)13-5-7/h3-5,14H,6H2,1-2H3,(H2,11,13)(H2,12,15). The molecule has 1 heterocycles. The molecule has 1 aromatic heterocycles. The summed E-state index contributed by atoms with van der Waals surface area (Å²) in [4.78, 5) is 14.8. The van der Waals surface area contributed by atoms with E-state index in [-0.39, 0.29) is 17.3 Å². The maximum absolute atomic E-state index is 11.9. The van der Waals surface area contributed by atoms with Gasteiger partial charge >= 0.3 is 0 Å². The molecule has 8 heteroatoms. The Morgan fingerprint density at radius 3 is 2.50 bits per heavy atom. The third-order valence-corrected chi connectivity index (χ3v) is 3.83. The number of nitrogens with two attached hydrogens (primary N) is 2. The number of hydrogen-bond donors (Lipinski definition) is 3. The van der Waals surface area contributed by atoms with Gasteiger partial charge in [-0.1, -0.05) is 0 Å². The SMILES string of the molecule is CC(C)(CNS(=O)(=O)c1ccc(N)nc1)C(N)=O. The Morgan fingerprint density at radius 2 is 2.06 bits per heavy atom. The predicted molar refractivity (Wildman–Crippen MR) is 66.8 cm³/mol. The van der Waals surface area contributed by atoms with E-state index in [1.165, 1.54) is 12.1 Å². The van der Waals surface area contributed by atoms with E-state index in [4.69, 9.17) is 11.5 Å². The van der Waals surface area contributed by atoms with E-state index in [2.05, 4.69) is 9.71 Å². The van der Waals surface area contributed by atoms with Crippen LogP contribution in [0, 0.1) is 5.41 Å². The number of aromatic nitrogens is 1. The number of anilines is 1. The second-order valence-corrected chi connectivity index (χ2v) is 6.26. The second kappa shape index (κ2) is 4.91. The van der Waals surface area contributed by atoms with Gasteiger partial charge in [-0.25, -0.2) is 18.1 Å². The topological polar surface area (TPSA) is 128 Å². The van der Waals surface area contributed by atoms with Crippen molar-refractivity contribution in [2.45, 2.75) is 18.7 Å². The van der Waals surface area contributed by atoms with Crippen molar-refractivity contribution in [3.8, 4) is 0 Å². The van der Waals surface area contributed by atoms with Crippen LogP contribution in [-0.4, -0.2) is 25.9 Å². The number of hydrogen-bond acceptors (Lipinski definition) is 5. The fourth-order valence-corrected chi connectivity index (χ4v) is 2.15. The number of sulfonamides is 1. The zero-order chi connectivity index (χ0) is 14.0. The van der Waals surface area contributed by atoms with E-state index in [9.17, 15) is 13.2 Å². The maximum Gasteiger partial charge on any atom is 0.242 e. The summed E-state index contributed by atoms with van der Waals surface area (Å²) in [6.45, 7) is 3.02. The number of amides is 1. The molecule has 1 aromatic rings. The first-order valence-electron chi connectivity index (χ1n) is 5.16. The molecule has 0 saturated heterocycles. The summed E-state index contributed by atoms with van der Waals surface area (Å²) in [6.07, 6.45) is 1.15. The van der Waals surface area contributed by atoms with Crippen LogP contribution in [0.15, 0.2) is 23.2 Å². The molecule has 0 saturated carbocycles. The summed E-state index contributed by atoms with van der Waals surface area (Å²) in [7, 11) is -3.72. The molecule has 0 spiro atoms. The Morgan fingerprint density at radius 1 is 1.44 bits per heavy atom. The van der Waals surface area contributed by atoms with Crippen LogP contribution in [-0.2, 0) is 14.8 Å². The molecule has 0 fully saturated rings. The molecule has 0 atom stereocenters. The zero-order valence-electron chi connectivity index (χ0n) is 10.2. The normalized spacial score (nSPS) is 12.3. The lowest BCUT2D eigenvalue weighted by Gasteiger charge is -2.20. The largest absolute Gasteiger partial charge is 0.384 e. The smallest absolute Gasteiger partial charge is 0.242 e. The van der Waals surface area contributed by atoms with Gasteiger partial charge in [-0.05, 0) is 26.0 Å². The lowest BCUT2D eigenvalue weighted by atomic mass is 9.93. The summed E-state index contributed by atoms with van der Waals surface area (Å²) in [5.41, 5.74) is 9.56. The van der Waals surface area contributed by atoms with Crippen molar-refractivity contribution in [2.75, 3.05) is 12.3 Å². The summed E-state index contributed by atoms with van der Waals surface area (Å²) in [6, 6.07) is 2.72. The summed E-state index contributed by atoms with van der Waals surface area (Å²) in [5, 5.41) is 0. The van der Waals surface area contributed by atoms with Gasteiger partial charge in [0.15, 0.2) is 0 Å². The van der Waals surface area contributed by atoms with Crippen LogP contribution in [0.25, 0.3) is 0 Å². The van der Waals surface area contributed by atoms with Crippen LogP contribution < -0.4 is 16.2 Å². The number of nitrogens with zero attached hydrogens (tertiary/aromatic N) is 1. The first kappa shape index (κ1) is 14.4. The molecule has 18 heavy (non-hydrogen) atoms. The minimum atomic E-state index is -3.72. The van der Waals surface area contributed by atoms with Crippen LogP contribution in [0.1, 0.15) is 13.8 Å². The fourth-order valence-electron chi connectivity index (χ4n) is 0.997. The van der Waals surface area contributed by atoms with Gasteiger partial charge in [0.1, 0.15) is 10.7 Å². The van der Waals surface area contributed by atoms with Crippen molar-refractivity contribution in [1.82, 2.24) is 9.71 Å². The molecule has 0 unspecified atom stereocenters. The zero-order valence-corrected chi connectivity index (χ0v) is 11.0. The van der Waals surface area contributed by atoms with Gasteiger partial charge in [0.2, 0.25) is 15.9 Å². The lowest BCUT2D eigenvalue weighted by Crippen LogP contribution is -2.42. The van der Waals surface area contributed by atoms with Gasteiger partial charge in [-0.2, -0.15) is 0 Å². The highest BCUT2D eigenvalue weighted by atomic mass is 32.2. The van der Waals surface area contributed by atoms with Crippen molar-refractivity contribution in [3.05, 3.63) is 18.3 Å². The molecule has 0 radical (unpaired) electrons. The molecule has 1 rings (SSSR count). The first-order chi connectivity index (χ1) is 8.15. The van der Waals surface area contributed by atoms with E-state index in [0.717, 1.165) is 6.20 Å². The van der Waals surface area contributed by atoms with Crippen molar-refractivity contribution >= 4 is 21.7 Å². The van der Waals surface area contributed by atoms with Crippen LogP contribution >= 0.6 is 0 Å². The Bertz CT molecular complexity index is 537. The van der Waals surface area contributed by atoms with Gasteiger partial charge < -0.3 is 11.5 Å². The molecular weight excluding hydrogens is 256 g/mol. The van der Waals surface area contributed by atoms with E-state index < -0.39 is 21.3 Å². The van der Waals surface area contributed by atoms with Crippen molar-refractivity contribution in [1.29, 1.82) is 0 Å². The van der Waals surface area contributed by atoms with Gasteiger partial charge in [0.25, 0.3) is 0 Å². The van der Waals surface area contributed by atoms with E-state index >= 15 is 0 Å². The molecule has 1 amide bonds. The van der Waals surface area contributed by atoms with Crippen molar-refractivity contribution in [3.63, 3.8) is 0 Å². The quantitative estimate of drug-likeness (QED) is 0.662. The van der Waals surface area contributed by atoms with Crippen LogP contribution in [0.3, 0.4) is 0 Å². The highest BCUT2D eigenvalue weighted by Crippen LogP contribution is 2.15. The summed E-state index contributed by atoms with van der Waals surface area (Å²) in [5.74, 6) is -0.355. The average Bonchev–Trinajstić information content (AvgIpc) is 2.27. The Hall–Kier alpha value is -1.67. The monoisotopic (exact) mass is 272 g/mol. The molecule has 100 valence electrons. The van der Waals surface area contributed by atoms with E-state index in [0.29, 0.717) is 0 Å². The van der Waals surface area contributed by atoms with Gasteiger partial charge in [0.05, 0.1) is 5.41 Å². The fraction of sp³-hybridized carbons (Fsp3) is 0.400. The van der Waals surface area contributed by atoms with E-state index in [1.807, 2.05) is 0 Å². The first-order valence-corrected chi connectivity index (χ1v) is 6.64. The minimum Gasteiger partial charge on any atom is -0.384 e. The summed E-state index contributed by atoms with van der Waals surface area (Å²) < 4.78 is 26.0. The second-order valence-electron chi connectivity index (χ2n) is 4.49. The molecule has 0 aliphatic carbocycles. The van der Waals surface area contributed by atoms with Crippen molar-refractivity contribution in [2.24, 2.45) is 11.1 Å². The molecule has 0 aliphatic heterocycles. The average molecular weight is 272 g/mol. The highest BCUT2D eigenvalue weighted by molar-refractivity contribution is 7.89. The number of carbonyl (C=O) groups excluding carboxylic acids is 1. The maximum atomic E-state index is 11.9. The van der Waals surface area contributed by atoms with Gasteiger partial charge in [-0.15, -0.1) is 0 Å². The number of nitrogens with one attached hydrogen (secondary N) is 1. The third kappa shape index (κ3) is 3.41. The highest BCUT2D eigenvalue weighted by Gasteiger charge is 2.27. The summed E-state index contributed by atoms with van der Waals surface area (Å²) >= 11 is 0. The van der Waals surface area contributed by atoms with Gasteiger partial charge in [0, 0.05) is 12.7 Å². The van der Waals surface area contributed by atoms with E-state index in [1.54, 1.807) is 13.8 Å². The molecule has 5 N–H and O–H groups in total. The molecule has 7 nitrogen and oxygen atoms in total. The van der Waals surface area contributed by atoms with Gasteiger partial charge in [-0.3, -0.25) is 4.79 Å². The number of primary amides is 1.